The molecule has 2 aliphatic rings. The Balaban J connectivity index is 1.24. The van der Waals surface area contributed by atoms with Crippen molar-refractivity contribution in [1.29, 1.82) is 0 Å². The van der Waals surface area contributed by atoms with E-state index in [9.17, 15) is 0 Å². The Hall–Kier alpha value is -1.33. The van der Waals surface area contributed by atoms with Crippen molar-refractivity contribution >= 4 is 11.8 Å². The monoisotopic (exact) mass is 343 g/mol. The first-order chi connectivity index (χ1) is 11.7. The molecular weight excluding hydrogens is 318 g/mol. The number of hydrogen-bond acceptors (Lipinski definition) is 5. The number of rotatable bonds is 6. The van der Waals surface area contributed by atoms with E-state index in [0.717, 1.165) is 48.9 Å². The lowest BCUT2D eigenvalue weighted by Crippen LogP contribution is -2.34. The molecule has 4 rings (SSSR count). The lowest BCUT2D eigenvalue weighted by molar-refractivity contribution is 0.196. The molecule has 1 aliphatic carbocycles. The summed E-state index contributed by atoms with van der Waals surface area (Å²) in [5, 5.41) is 4.84. The molecule has 0 bridgehead atoms. The molecule has 2 fully saturated rings. The topological polar surface area (TPSA) is 42.2 Å². The van der Waals surface area contributed by atoms with Gasteiger partial charge >= 0.3 is 0 Å². The van der Waals surface area contributed by atoms with E-state index in [4.69, 9.17) is 4.52 Å². The van der Waals surface area contributed by atoms with E-state index >= 15 is 0 Å². The zero-order valence-electron chi connectivity index (χ0n) is 14.3. The third-order valence-corrected chi connectivity index (χ3v) is 6.19. The third-order valence-electron chi connectivity index (χ3n) is 4.86. The van der Waals surface area contributed by atoms with Gasteiger partial charge in [0.15, 0.2) is 5.82 Å². The Morgan fingerprint density at radius 1 is 1.21 bits per heavy atom. The highest BCUT2D eigenvalue weighted by Gasteiger charge is 2.25. The summed E-state index contributed by atoms with van der Waals surface area (Å²) in [6.45, 7) is 5.20. The zero-order valence-corrected chi connectivity index (χ0v) is 15.1. The van der Waals surface area contributed by atoms with Gasteiger partial charge in [-0.2, -0.15) is 4.98 Å². The molecule has 1 saturated heterocycles. The highest BCUT2D eigenvalue weighted by atomic mass is 32.2. The molecule has 0 amide bonds. The van der Waals surface area contributed by atoms with Crippen LogP contribution in [-0.2, 0) is 13.0 Å². The van der Waals surface area contributed by atoms with Gasteiger partial charge in [-0.3, -0.25) is 4.90 Å². The Morgan fingerprint density at radius 2 is 2.04 bits per heavy atom. The second-order valence-corrected chi connectivity index (χ2v) is 8.54. The van der Waals surface area contributed by atoms with Gasteiger partial charge in [0.05, 0.1) is 6.54 Å². The summed E-state index contributed by atoms with van der Waals surface area (Å²) in [6.07, 6.45) is 6.11. The van der Waals surface area contributed by atoms with Crippen LogP contribution in [0.5, 0.6) is 0 Å². The SMILES string of the molecule is Cc1cccc(SC2CCN(Cc3nc(CC4CC4)no3)CC2)c1. The summed E-state index contributed by atoms with van der Waals surface area (Å²) in [6, 6.07) is 8.83. The highest BCUT2D eigenvalue weighted by molar-refractivity contribution is 8.00. The first kappa shape index (κ1) is 16.2. The fourth-order valence-corrected chi connectivity index (χ4v) is 4.52. The maximum Gasteiger partial charge on any atom is 0.240 e. The fraction of sp³-hybridized carbons (Fsp3) is 0.579. The summed E-state index contributed by atoms with van der Waals surface area (Å²) in [4.78, 5) is 8.40. The minimum atomic E-state index is 0.719. The van der Waals surface area contributed by atoms with Gasteiger partial charge in [-0.25, -0.2) is 0 Å². The second-order valence-electron chi connectivity index (χ2n) is 7.16. The highest BCUT2D eigenvalue weighted by Crippen LogP contribution is 2.32. The maximum atomic E-state index is 5.42. The van der Waals surface area contributed by atoms with E-state index in [0.29, 0.717) is 0 Å². The van der Waals surface area contributed by atoms with Crippen molar-refractivity contribution in [1.82, 2.24) is 15.0 Å². The van der Waals surface area contributed by atoms with Crippen LogP contribution in [0.15, 0.2) is 33.7 Å². The quantitative estimate of drug-likeness (QED) is 0.790. The zero-order chi connectivity index (χ0) is 16.4. The van der Waals surface area contributed by atoms with E-state index < -0.39 is 0 Å². The molecule has 1 aliphatic heterocycles. The Kier molecular flexibility index (Phi) is 4.90. The predicted octanol–water partition coefficient (Wildman–Crippen LogP) is 4.09. The van der Waals surface area contributed by atoms with Gasteiger partial charge in [0.2, 0.25) is 5.89 Å². The number of hydrogen-bond donors (Lipinski definition) is 0. The van der Waals surface area contributed by atoms with Crippen molar-refractivity contribution in [3.63, 3.8) is 0 Å². The predicted molar refractivity (Wildman–Crippen MR) is 96.1 cm³/mol. The smallest absolute Gasteiger partial charge is 0.240 e. The van der Waals surface area contributed by atoms with Gasteiger partial charge < -0.3 is 4.52 Å². The Bertz CT molecular complexity index is 675. The maximum absolute atomic E-state index is 5.42. The van der Waals surface area contributed by atoms with Crippen LogP contribution in [0.3, 0.4) is 0 Å². The van der Waals surface area contributed by atoms with Crippen LogP contribution in [-0.4, -0.2) is 33.4 Å². The van der Waals surface area contributed by atoms with Gasteiger partial charge in [-0.1, -0.05) is 22.9 Å². The Labute approximate surface area is 148 Å². The van der Waals surface area contributed by atoms with Crippen molar-refractivity contribution in [3.8, 4) is 0 Å². The minimum Gasteiger partial charge on any atom is -0.338 e. The molecule has 128 valence electrons. The number of thioether (sulfide) groups is 1. The number of likely N-dealkylation sites (tertiary alicyclic amines) is 1. The summed E-state index contributed by atoms with van der Waals surface area (Å²) < 4.78 is 5.42. The normalized spacial score (nSPS) is 19.7. The van der Waals surface area contributed by atoms with E-state index in [1.54, 1.807) is 0 Å². The molecule has 0 N–H and O–H groups in total. The lowest BCUT2D eigenvalue weighted by Gasteiger charge is -2.30. The minimum absolute atomic E-state index is 0.719. The molecule has 0 spiro atoms. The molecule has 2 heterocycles. The van der Waals surface area contributed by atoms with Gasteiger partial charge in [0.1, 0.15) is 0 Å². The summed E-state index contributed by atoms with van der Waals surface area (Å²) in [5.41, 5.74) is 1.34. The fourth-order valence-electron chi connectivity index (χ4n) is 3.28. The van der Waals surface area contributed by atoms with Gasteiger partial charge in [-0.05, 0) is 63.7 Å². The van der Waals surface area contributed by atoms with Crippen LogP contribution in [0.2, 0.25) is 0 Å². The van der Waals surface area contributed by atoms with E-state index in [2.05, 4.69) is 46.2 Å². The lowest BCUT2D eigenvalue weighted by atomic mass is 10.1. The number of nitrogens with zero attached hydrogens (tertiary/aromatic N) is 3. The molecule has 1 aromatic carbocycles. The van der Waals surface area contributed by atoms with Crippen molar-refractivity contribution < 1.29 is 4.52 Å². The second kappa shape index (κ2) is 7.28. The summed E-state index contributed by atoms with van der Waals surface area (Å²) in [5.74, 6) is 2.50. The number of piperidine rings is 1. The molecule has 1 aromatic heterocycles. The summed E-state index contributed by atoms with van der Waals surface area (Å²) in [7, 11) is 0. The third kappa shape index (κ3) is 4.39. The van der Waals surface area contributed by atoms with Crippen molar-refractivity contribution in [2.75, 3.05) is 13.1 Å². The van der Waals surface area contributed by atoms with E-state index in [1.165, 1.54) is 36.1 Å². The molecule has 24 heavy (non-hydrogen) atoms. The van der Waals surface area contributed by atoms with Crippen LogP contribution in [0.1, 0.15) is 43.0 Å². The van der Waals surface area contributed by atoms with Crippen molar-refractivity contribution in [3.05, 3.63) is 41.5 Å². The van der Waals surface area contributed by atoms with Crippen LogP contribution >= 0.6 is 11.8 Å². The molecule has 0 atom stereocenters. The molecule has 0 radical (unpaired) electrons. The van der Waals surface area contributed by atoms with Gasteiger partial charge in [0, 0.05) is 16.6 Å². The van der Waals surface area contributed by atoms with Gasteiger partial charge in [-0.15, -0.1) is 11.8 Å². The van der Waals surface area contributed by atoms with Crippen LogP contribution in [0.25, 0.3) is 0 Å². The molecular formula is C19H25N3OS. The molecule has 1 saturated carbocycles. The molecule has 4 nitrogen and oxygen atoms in total. The average molecular weight is 343 g/mol. The van der Waals surface area contributed by atoms with Gasteiger partial charge in [0.25, 0.3) is 0 Å². The number of aryl methyl sites for hydroxylation is 1. The van der Waals surface area contributed by atoms with E-state index in [1.807, 2.05) is 11.8 Å². The van der Waals surface area contributed by atoms with Crippen LogP contribution in [0.4, 0.5) is 0 Å². The standard InChI is InChI=1S/C19H25N3OS/c1-14-3-2-4-17(11-14)24-16-7-9-22(10-8-16)13-19-20-18(21-23-19)12-15-5-6-15/h2-4,11,15-16H,5-10,12-13H2,1H3. The first-order valence-electron chi connectivity index (χ1n) is 9.02. The molecule has 0 unspecified atom stereocenters. The molecule has 5 heteroatoms. The van der Waals surface area contributed by atoms with Crippen LogP contribution < -0.4 is 0 Å². The van der Waals surface area contributed by atoms with Crippen LogP contribution in [0, 0.1) is 12.8 Å². The molecule has 2 aromatic rings. The summed E-state index contributed by atoms with van der Waals surface area (Å²) >= 11 is 2.03. The number of aromatic nitrogens is 2. The first-order valence-corrected chi connectivity index (χ1v) is 9.90. The number of benzene rings is 1. The average Bonchev–Trinajstić information content (AvgIpc) is 3.28. The largest absolute Gasteiger partial charge is 0.338 e. The van der Waals surface area contributed by atoms with E-state index in [-0.39, 0.29) is 0 Å². The Morgan fingerprint density at radius 3 is 2.79 bits per heavy atom. The van der Waals surface area contributed by atoms with Crippen molar-refractivity contribution in [2.24, 2.45) is 5.92 Å². The van der Waals surface area contributed by atoms with Crippen molar-refractivity contribution in [2.45, 2.75) is 55.7 Å².